The SMILES string of the molecule is Cc1cc(N2CCCC2)n2ncc(C(=O)O)c2n1. The fraction of sp³-hybridized carbons (Fsp3) is 0.417. The average Bonchev–Trinajstić information content (AvgIpc) is 2.96. The number of anilines is 1. The molecular formula is C12H14N4O2. The van der Waals surface area contributed by atoms with Gasteiger partial charge < -0.3 is 10.0 Å². The molecule has 1 fully saturated rings. The monoisotopic (exact) mass is 246 g/mol. The Kier molecular flexibility index (Phi) is 2.43. The van der Waals surface area contributed by atoms with Crippen LogP contribution in [-0.4, -0.2) is 38.8 Å². The van der Waals surface area contributed by atoms with Crippen LogP contribution in [0.25, 0.3) is 5.65 Å². The first kappa shape index (κ1) is 11.0. The zero-order valence-corrected chi connectivity index (χ0v) is 10.1. The number of aromatic carboxylic acids is 1. The first-order valence-corrected chi connectivity index (χ1v) is 6.00. The van der Waals surface area contributed by atoms with Crippen LogP contribution < -0.4 is 4.90 Å². The van der Waals surface area contributed by atoms with E-state index in [4.69, 9.17) is 5.11 Å². The molecule has 0 radical (unpaired) electrons. The lowest BCUT2D eigenvalue weighted by atomic mass is 10.3. The van der Waals surface area contributed by atoms with Gasteiger partial charge in [0.25, 0.3) is 0 Å². The maximum atomic E-state index is 11.1. The van der Waals surface area contributed by atoms with Crippen LogP contribution in [0.3, 0.4) is 0 Å². The molecule has 1 saturated heterocycles. The molecule has 0 aromatic carbocycles. The predicted molar refractivity (Wildman–Crippen MR) is 66.1 cm³/mol. The Balaban J connectivity index is 2.22. The number of fused-ring (bicyclic) bond motifs is 1. The number of carboxylic acids is 1. The average molecular weight is 246 g/mol. The van der Waals surface area contributed by atoms with Crippen molar-refractivity contribution in [3.05, 3.63) is 23.5 Å². The lowest BCUT2D eigenvalue weighted by Crippen LogP contribution is -2.21. The third-order valence-electron chi connectivity index (χ3n) is 3.24. The zero-order valence-electron chi connectivity index (χ0n) is 10.1. The Morgan fingerprint density at radius 1 is 1.39 bits per heavy atom. The van der Waals surface area contributed by atoms with Gasteiger partial charge in [-0.3, -0.25) is 0 Å². The van der Waals surface area contributed by atoms with Gasteiger partial charge in [0.1, 0.15) is 11.4 Å². The van der Waals surface area contributed by atoms with Crippen LogP contribution >= 0.6 is 0 Å². The van der Waals surface area contributed by atoms with E-state index in [0.717, 1.165) is 37.4 Å². The molecule has 1 aliphatic rings. The van der Waals surface area contributed by atoms with E-state index in [1.54, 1.807) is 4.52 Å². The van der Waals surface area contributed by atoms with Gasteiger partial charge in [-0.15, -0.1) is 0 Å². The molecular weight excluding hydrogens is 232 g/mol. The Labute approximate surface area is 104 Å². The van der Waals surface area contributed by atoms with Crippen LogP contribution in [0.2, 0.25) is 0 Å². The van der Waals surface area contributed by atoms with E-state index in [-0.39, 0.29) is 5.56 Å². The summed E-state index contributed by atoms with van der Waals surface area (Å²) in [6, 6.07) is 1.96. The fourth-order valence-electron chi connectivity index (χ4n) is 2.39. The van der Waals surface area contributed by atoms with Crippen molar-refractivity contribution in [3.63, 3.8) is 0 Å². The molecule has 94 valence electrons. The normalized spacial score (nSPS) is 15.5. The Morgan fingerprint density at radius 2 is 2.11 bits per heavy atom. The van der Waals surface area contributed by atoms with Gasteiger partial charge in [0, 0.05) is 24.8 Å². The van der Waals surface area contributed by atoms with E-state index in [9.17, 15) is 4.79 Å². The molecule has 0 aliphatic carbocycles. The molecule has 1 N–H and O–H groups in total. The molecule has 1 aliphatic heterocycles. The van der Waals surface area contributed by atoms with Crippen molar-refractivity contribution in [2.24, 2.45) is 0 Å². The van der Waals surface area contributed by atoms with Gasteiger partial charge in [-0.1, -0.05) is 0 Å². The molecule has 0 unspecified atom stereocenters. The molecule has 3 rings (SSSR count). The summed E-state index contributed by atoms with van der Waals surface area (Å²) >= 11 is 0. The lowest BCUT2D eigenvalue weighted by Gasteiger charge is -2.18. The molecule has 2 aromatic rings. The highest BCUT2D eigenvalue weighted by Crippen LogP contribution is 2.23. The van der Waals surface area contributed by atoms with E-state index in [2.05, 4.69) is 15.0 Å². The summed E-state index contributed by atoms with van der Waals surface area (Å²) in [5.41, 5.74) is 1.39. The predicted octanol–water partition coefficient (Wildman–Crippen LogP) is 1.34. The summed E-state index contributed by atoms with van der Waals surface area (Å²) in [5, 5.41) is 13.3. The lowest BCUT2D eigenvalue weighted by molar-refractivity contribution is 0.0699. The van der Waals surface area contributed by atoms with Crippen LogP contribution in [0, 0.1) is 6.92 Å². The molecule has 0 spiro atoms. The van der Waals surface area contributed by atoms with Gasteiger partial charge in [0.15, 0.2) is 5.65 Å². The zero-order chi connectivity index (χ0) is 12.7. The van der Waals surface area contributed by atoms with Crippen LogP contribution in [0.5, 0.6) is 0 Å². The van der Waals surface area contributed by atoms with Crippen LogP contribution in [-0.2, 0) is 0 Å². The summed E-state index contributed by atoms with van der Waals surface area (Å²) in [4.78, 5) is 17.6. The van der Waals surface area contributed by atoms with Crippen molar-refractivity contribution in [1.82, 2.24) is 14.6 Å². The maximum absolute atomic E-state index is 11.1. The number of aromatic nitrogens is 3. The Hall–Kier alpha value is -2.11. The van der Waals surface area contributed by atoms with Gasteiger partial charge in [-0.25, -0.2) is 9.78 Å². The highest BCUT2D eigenvalue weighted by molar-refractivity contribution is 5.94. The van der Waals surface area contributed by atoms with E-state index in [0.29, 0.717) is 5.65 Å². The number of nitrogens with zero attached hydrogens (tertiary/aromatic N) is 4. The second kappa shape index (κ2) is 3.97. The summed E-state index contributed by atoms with van der Waals surface area (Å²) in [5.74, 6) is -0.0574. The minimum Gasteiger partial charge on any atom is -0.477 e. The second-order valence-corrected chi connectivity index (χ2v) is 4.55. The summed E-state index contributed by atoms with van der Waals surface area (Å²) in [7, 11) is 0. The second-order valence-electron chi connectivity index (χ2n) is 4.55. The van der Waals surface area contributed by atoms with Gasteiger partial charge in [0.2, 0.25) is 0 Å². The van der Waals surface area contributed by atoms with Crippen molar-refractivity contribution in [2.45, 2.75) is 19.8 Å². The number of carbonyl (C=O) groups is 1. The third-order valence-corrected chi connectivity index (χ3v) is 3.24. The Morgan fingerprint density at radius 3 is 2.78 bits per heavy atom. The molecule has 6 nitrogen and oxygen atoms in total. The third kappa shape index (κ3) is 1.61. The standard InChI is InChI=1S/C12H14N4O2/c1-8-6-10(15-4-2-3-5-15)16-11(14-8)9(7-13-16)12(17)18/h6-7H,2-5H2,1H3,(H,17,18). The number of aryl methyl sites for hydroxylation is 1. The van der Waals surface area contributed by atoms with Crippen LogP contribution in [0.1, 0.15) is 28.9 Å². The first-order chi connectivity index (χ1) is 8.66. The molecule has 0 saturated carbocycles. The van der Waals surface area contributed by atoms with Gasteiger partial charge in [-0.05, 0) is 19.8 Å². The maximum Gasteiger partial charge on any atom is 0.341 e. The van der Waals surface area contributed by atoms with Crippen molar-refractivity contribution < 1.29 is 9.90 Å². The topological polar surface area (TPSA) is 70.7 Å². The molecule has 0 atom stereocenters. The van der Waals surface area contributed by atoms with E-state index in [1.807, 2.05) is 13.0 Å². The molecule has 6 heteroatoms. The van der Waals surface area contributed by atoms with Gasteiger partial charge in [-0.2, -0.15) is 9.61 Å². The number of rotatable bonds is 2. The smallest absolute Gasteiger partial charge is 0.341 e. The van der Waals surface area contributed by atoms with Crippen molar-refractivity contribution >= 4 is 17.4 Å². The molecule has 2 aromatic heterocycles. The highest BCUT2D eigenvalue weighted by atomic mass is 16.4. The molecule has 0 bridgehead atoms. The summed E-state index contributed by atoms with van der Waals surface area (Å²) < 4.78 is 1.63. The van der Waals surface area contributed by atoms with Crippen molar-refractivity contribution in [3.8, 4) is 0 Å². The number of hydrogen-bond donors (Lipinski definition) is 1. The van der Waals surface area contributed by atoms with Crippen molar-refractivity contribution in [2.75, 3.05) is 18.0 Å². The summed E-state index contributed by atoms with van der Waals surface area (Å²) in [6.07, 6.45) is 3.69. The molecule has 0 amide bonds. The number of carboxylic acid groups (broad SMARTS) is 1. The fourth-order valence-corrected chi connectivity index (χ4v) is 2.39. The van der Waals surface area contributed by atoms with Crippen LogP contribution in [0.15, 0.2) is 12.3 Å². The molecule has 3 heterocycles. The molecule has 18 heavy (non-hydrogen) atoms. The quantitative estimate of drug-likeness (QED) is 0.865. The van der Waals surface area contributed by atoms with Gasteiger partial charge in [0.05, 0.1) is 6.20 Å². The first-order valence-electron chi connectivity index (χ1n) is 6.00. The number of hydrogen-bond acceptors (Lipinski definition) is 4. The van der Waals surface area contributed by atoms with Gasteiger partial charge >= 0.3 is 5.97 Å². The van der Waals surface area contributed by atoms with E-state index < -0.39 is 5.97 Å². The largest absolute Gasteiger partial charge is 0.477 e. The minimum atomic E-state index is -0.990. The highest BCUT2D eigenvalue weighted by Gasteiger charge is 2.20. The Bertz CT molecular complexity index is 614. The van der Waals surface area contributed by atoms with Crippen LogP contribution in [0.4, 0.5) is 5.82 Å². The minimum absolute atomic E-state index is 0.152. The van der Waals surface area contributed by atoms with Crippen molar-refractivity contribution in [1.29, 1.82) is 0 Å². The van der Waals surface area contributed by atoms with E-state index >= 15 is 0 Å². The van der Waals surface area contributed by atoms with E-state index in [1.165, 1.54) is 6.20 Å². The summed E-state index contributed by atoms with van der Waals surface area (Å²) in [6.45, 7) is 3.85.